The Kier molecular flexibility index (Phi) is 9.56. The van der Waals surface area contributed by atoms with Gasteiger partial charge in [0, 0.05) is 24.9 Å². The molecule has 2 unspecified atom stereocenters. The molecule has 0 aliphatic heterocycles. The Labute approximate surface area is 106 Å². The molecule has 0 aromatic heterocycles. The number of hydrogen-bond donors (Lipinski definition) is 2. The number of carbonyl (C=O) groups is 1. The molecule has 3 nitrogen and oxygen atoms in total. The van der Waals surface area contributed by atoms with E-state index in [0.717, 1.165) is 45.1 Å². The molecule has 17 heavy (non-hydrogen) atoms. The van der Waals surface area contributed by atoms with Crippen molar-refractivity contribution in [1.82, 2.24) is 5.32 Å². The topological polar surface area (TPSA) is 55.1 Å². The molecular weight excluding hydrogens is 212 g/mol. The molecule has 2 atom stereocenters. The number of hydrogen-bond acceptors (Lipinski definition) is 2. The molecule has 0 fully saturated rings. The molecule has 0 spiro atoms. The van der Waals surface area contributed by atoms with Gasteiger partial charge in [-0.1, -0.05) is 13.3 Å². The summed E-state index contributed by atoms with van der Waals surface area (Å²) in [4.78, 5) is 11.7. The molecule has 0 aromatic carbocycles. The molecule has 0 heterocycles. The Bertz CT molecular complexity index is 243. The maximum Gasteiger partial charge on any atom is 0.222 e. The maximum absolute atomic E-state index is 11.7. The monoisotopic (exact) mass is 238 g/mol. The molecule has 0 aliphatic rings. The summed E-state index contributed by atoms with van der Waals surface area (Å²) in [7, 11) is 0. The average Bonchev–Trinajstić information content (AvgIpc) is 2.27. The van der Waals surface area contributed by atoms with Crippen LogP contribution in [-0.2, 0) is 4.79 Å². The third kappa shape index (κ3) is 9.89. The third-order valence-corrected chi connectivity index (χ3v) is 2.79. The van der Waals surface area contributed by atoms with E-state index in [1.807, 2.05) is 13.8 Å². The minimum Gasteiger partial charge on any atom is -0.356 e. The molecular formula is C14H26N2O. The molecule has 0 saturated heterocycles. The van der Waals surface area contributed by atoms with Gasteiger partial charge in [-0.3, -0.25) is 4.79 Å². The average molecular weight is 238 g/mol. The number of rotatable bonds is 9. The summed E-state index contributed by atoms with van der Waals surface area (Å²) in [5.41, 5.74) is 5.66. The minimum atomic E-state index is 0.0846. The number of amides is 1. The fourth-order valence-electron chi connectivity index (χ4n) is 1.61. The van der Waals surface area contributed by atoms with Crippen molar-refractivity contribution in [2.45, 2.75) is 58.4 Å². The van der Waals surface area contributed by atoms with E-state index >= 15 is 0 Å². The second-order valence-corrected chi connectivity index (χ2v) is 4.76. The van der Waals surface area contributed by atoms with E-state index in [1.54, 1.807) is 0 Å². The van der Waals surface area contributed by atoms with Gasteiger partial charge in [0.05, 0.1) is 0 Å². The van der Waals surface area contributed by atoms with Gasteiger partial charge >= 0.3 is 0 Å². The lowest BCUT2D eigenvalue weighted by Gasteiger charge is -2.12. The van der Waals surface area contributed by atoms with Crippen LogP contribution in [0.25, 0.3) is 0 Å². The summed E-state index contributed by atoms with van der Waals surface area (Å²) < 4.78 is 0. The Morgan fingerprint density at radius 3 is 2.59 bits per heavy atom. The Morgan fingerprint density at radius 1 is 1.29 bits per heavy atom. The molecule has 98 valence electrons. The lowest BCUT2D eigenvalue weighted by atomic mass is 10.0. The zero-order valence-electron chi connectivity index (χ0n) is 11.2. The smallest absolute Gasteiger partial charge is 0.222 e. The van der Waals surface area contributed by atoms with Crippen molar-refractivity contribution in [3.8, 4) is 12.3 Å². The first-order chi connectivity index (χ1) is 8.07. The number of carbonyl (C=O) groups excluding carboxylic acids is 1. The fraction of sp³-hybridized carbons (Fsp3) is 0.786. The maximum atomic E-state index is 11.7. The van der Waals surface area contributed by atoms with Crippen molar-refractivity contribution in [2.24, 2.45) is 11.7 Å². The highest BCUT2D eigenvalue weighted by molar-refractivity contribution is 5.78. The first-order valence-electron chi connectivity index (χ1n) is 6.54. The molecule has 3 N–H and O–H groups in total. The van der Waals surface area contributed by atoms with Crippen LogP contribution in [-0.4, -0.2) is 18.5 Å². The Balaban J connectivity index is 3.51. The molecule has 0 saturated carbocycles. The lowest BCUT2D eigenvalue weighted by molar-refractivity contribution is -0.124. The van der Waals surface area contributed by atoms with Gasteiger partial charge in [0.1, 0.15) is 0 Å². The summed E-state index contributed by atoms with van der Waals surface area (Å²) in [5.74, 6) is 2.83. The normalized spacial score (nSPS) is 13.8. The van der Waals surface area contributed by atoms with Gasteiger partial charge < -0.3 is 11.1 Å². The van der Waals surface area contributed by atoms with Gasteiger partial charge in [-0.2, -0.15) is 0 Å². The van der Waals surface area contributed by atoms with Crippen molar-refractivity contribution in [1.29, 1.82) is 0 Å². The summed E-state index contributed by atoms with van der Waals surface area (Å²) >= 11 is 0. The second kappa shape index (κ2) is 10.2. The van der Waals surface area contributed by atoms with Crippen molar-refractivity contribution in [3.63, 3.8) is 0 Å². The largest absolute Gasteiger partial charge is 0.356 e. The number of nitrogens with one attached hydrogen (secondary N) is 1. The van der Waals surface area contributed by atoms with Crippen molar-refractivity contribution >= 4 is 5.91 Å². The molecule has 0 aliphatic carbocycles. The van der Waals surface area contributed by atoms with E-state index in [0.29, 0.717) is 0 Å². The lowest BCUT2D eigenvalue weighted by Crippen LogP contribution is -2.30. The number of nitrogens with two attached hydrogens (primary N) is 1. The summed E-state index contributed by atoms with van der Waals surface area (Å²) in [5, 5.41) is 2.94. The molecule has 0 rings (SSSR count). The first-order valence-corrected chi connectivity index (χ1v) is 6.54. The fourth-order valence-corrected chi connectivity index (χ4v) is 1.61. The van der Waals surface area contributed by atoms with E-state index in [1.165, 1.54) is 0 Å². The predicted octanol–water partition coefficient (Wildman–Crippen LogP) is 2.06. The van der Waals surface area contributed by atoms with Crippen LogP contribution >= 0.6 is 0 Å². The van der Waals surface area contributed by atoms with E-state index in [9.17, 15) is 4.79 Å². The number of unbranched alkanes of at least 4 members (excludes halogenated alkanes) is 2. The van der Waals surface area contributed by atoms with Crippen LogP contribution in [0.1, 0.15) is 52.4 Å². The predicted molar refractivity (Wildman–Crippen MR) is 72.4 cm³/mol. The first kappa shape index (κ1) is 16.0. The van der Waals surface area contributed by atoms with Crippen LogP contribution in [0, 0.1) is 18.3 Å². The van der Waals surface area contributed by atoms with E-state index in [2.05, 4.69) is 11.2 Å². The van der Waals surface area contributed by atoms with Crippen molar-refractivity contribution < 1.29 is 4.79 Å². The molecule has 0 bridgehead atoms. The molecule has 0 aromatic rings. The summed E-state index contributed by atoms with van der Waals surface area (Å²) in [6.45, 7) is 4.70. The Hall–Kier alpha value is -1.01. The van der Waals surface area contributed by atoms with Crippen LogP contribution in [0.15, 0.2) is 0 Å². The van der Waals surface area contributed by atoms with Crippen molar-refractivity contribution in [2.75, 3.05) is 6.54 Å². The summed E-state index contributed by atoms with van der Waals surface area (Å²) in [6.07, 6.45) is 10.8. The zero-order valence-corrected chi connectivity index (χ0v) is 11.2. The van der Waals surface area contributed by atoms with Gasteiger partial charge in [0.15, 0.2) is 0 Å². The standard InChI is InChI=1S/C14H26N2O/c1-4-5-6-7-11-16-14(17)12(2)9-8-10-13(3)15/h1,12-13H,5-11,15H2,2-3H3,(H,16,17). The van der Waals surface area contributed by atoms with Gasteiger partial charge in [-0.05, 0) is 32.6 Å². The summed E-state index contributed by atoms with van der Waals surface area (Å²) in [6, 6.07) is 0.231. The van der Waals surface area contributed by atoms with Crippen LogP contribution < -0.4 is 11.1 Å². The van der Waals surface area contributed by atoms with Gasteiger partial charge in [0.25, 0.3) is 0 Å². The van der Waals surface area contributed by atoms with E-state index in [4.69, 9.17) is 12.2 Å². The van der Waals surface area contributed by atoms with Crippen molar-refractivity contribution in [3.05, 3.63) is 0 Å². The molecule has 3 heteroatoms. The quantitative estimate of drug-likeness (QED) is 0.477. The SMILES string of the molecule is C#CCCCCNC(=O)C(C)CCCC(C)N. The van der Waals surface area contributed by atoms with Crippen LogP contribution in [0.2, 0.25) is 0 Å². The molecule has 1 amide bonds. The van der Waals surface area contributed by atoms with Crippen LogP contribution in [0.4, 0.5) is 0 Å². The number of terminal acetylenes is 1. The molecule has 0 radical (unpaired) electrons. The van der Waals surface area contributed by atoms with E-state index in [-0.39, 0.29) is 17.9 Å². The highest BCUT2D eigenvalue weighted by atomic mass is 16.1. The highest BCUT2D eigenvalue weighted by Crippen LogP contribution is 2.09. The zero-order chi connectivity index (χ0) is 13.1. The van der Waals surface area contributed by atoms with E-state index < -0.39 is 0 Å². The van der Waals surface area contributed by atoms with Gasteiger partial charge in [0.2, 0.25) is 5.91 Å². The van der Waals surface area contributed by atoms with Crippen LogP contribution in [0.5, 0.6) is 0 Å². The van der Waals surface area contributed by atoms with Gasteiger partial charge in [-0.15, -0.1) is 12.3 Å². The third-order valence-electron chi connectivity index (χ3n) is 2.79. The van der Waals surface area contributed by atoms with Crippen LogP contribution in [0.3, 0.4) is 0 Å². The minimum absolute atomic E-state index is 0.0846. The van der Waals surface area contributed by atoms with Gasteiger partial charge in [-0.25, -0.2) is 0 Å². The second-order valence-electron chi connectivity index (χ2n) is 4.76. The highest BCUT2D eigenvalue weighted by Gasteiger charge is 2.11. The Morgan fingerprint density at radius 2 is 2.00 bits per heavy atom.